The maximum Gasteiger partial charge on any atom is 0.205 e. The van der Waals surface area contributed by atoms with Crippen LogP contribution in [0.2, 0.25) is 0 Å². The first-order chi connectivity index (χ1) is 13.3. The van der Waals surface area contributed by atoms with Gasteiger partial charge in [-0.05, 0) is 53.5 Å². The van der Waals surface area contributed by atoms with Crippen LogP contribution in [0.15, 0.2) is 48.7 Å². The van der Waals surface area contributed by atoms with E-state index in [-0.39, 0.29) is 0 Å². The second kappa shape index (κ2) is 11.2. The minimum Gasteiger partial charge on any atom is -0.739 e. The Morgan fingerprint density at radius 1 is 1.00 bits per heavy atom. The molecule has 0 bridgehead atoms. The van der Waals surface area contributed by atoms with E-state index in [1.165, 1.54) is 5.69 Å². The molecule has 0 saturated carbocycles. The number of hydrogen-bond acceptors (Lipinski definition) is 5. The van der Waals surface area contributed by atoms with E-state index in [2.05, 4.69) is 58.1 Å². The third-order valence-corrected chi connectivity index (χ3v) is 6.46. The van der Waals surface area contributed by atoms with E-state index in [0.29, 0.717) is 16.5 Å². The lowest BCUT2D eigenvalue weighted by molar-refractivity contribution is -0.699. The summed E-state index contributed by atoms with van der Waals surface area (Å²) in [5, 5.41) is 0. The van der Waals surface area contributed by atoms with Gasteiger partial charge in [0.25, 0.3) is 0 Å². The number of aryl methyl sites for hydroxylation is 1. The summed E-state index contributed by atoms with van der Waals surface area (Å²) >= 11 is 0. The van der Waals surface area contributed by atoms with Crippen LogP contribution in [0.1, 0.15) is 36.9 Å². The molecule has 28 heavy (non-hydrogen) atoms. The molecule has 7 heteroatoms. The van der Waals surface area contributed by atoms with Gasteiger partial charge in [-0.15, -0.1) is 0 Å². The second-order valence-corrected chi connectivity index (χ2v) is 10.2. The SMILES string of the molecule is CN(C)c1ccc(/C=C/c2cccc[n+]2CCCCCCSS(=O)(=O)[O-])cc1. The number of hydrogen-bond donors (Lipinski definition) is 0. The van der Waals surface area contributed by atoms with Gasteiger partial charge in [-0.25, -0.2) is 8.42 Å². The minimum atomic E-state index is -4.15. The molecule has 5 nitrogen and oxygen atoms in total. The average molecular weight is 421 g/mol. The highest BCUT2D eigenvalue weighted by Crippen LogP contribution is 2.15. The third kappa shape index (κ3) is 8.46. The second-order valence-electron chi connectivity index (χ2n) is 6.78. The van der Waals surface area contributed by atoms with Crippen molar-refractivity contribution in [3.63, 3.8) is 0 Å². The summed E-state index contributed by atoms with van der Waals surface area (Å²) in [5.41, 5.74) is 3.48. The van der Waals surface area contributed by atoms with Crippen LogP contribution in [0.25, 0.3) is 12.2 Å². The van der Waals surface area contributed by atoms with E-state index in [1.807, 2.05) is 26.2 Å². The number of aromatic nitrogens is 1. The van der Waals surface area contributed by atoms with Gasteiger partial charge in [-0.3, -0.25) is 0 Å². The van der Waals surface area contributed by atoms with E-state index in [4.69, 9.17) is 0 Å². The van der Waals surface area contributed by atoms with Crippen LogP contribution in [0.3, 0.4) is 0 Å². The van der Waals surface area contributed by atoms with Crippen LogP contribution in [0.5, 0.6) is 0 Å². The number of unbranched alkanes of at least 4 members (excludes halogenated alkanes) is 3. The smallest absolute Gasteiger partial charge is 0.205 e. The lowest BCUT2D eigenvalue weighted by atomic mass is 10.1. The number of nitrogens with zero attached hydrogens (tertiary/aromatic N) is 2. The van der Waals surface area contributed by atoms with Crippen molar-refractivity contribution in [3.8, 4) is 0 Å². The summed E-state index contributed by atoms with van der Waals surface area (Å²) in [4.78, 5) is 2.08. The van der Waals surface area contributed by atoms with Crippen molar-refractivity contribution >= 4 is 37.8 Å². The molecule has 0 aliphatic rings. The first-order valence-electron chi connectivity index (χ1n) is 9.39. The highest BCUT2D eigenvalue weighted by molar-refractivity contribution is 8.69. The van der Waals surface area contributed by atoms with Gasteiger partial charge in [-0.1, -0.05) is 18.6 Å². The van der Waals surface area contributed by atoms with Crippen LogP contribution >= 0.6 is 10.8 Å². The number of anilines is 1. The summed E-state index contributed by atoms with van der Waals surface area (Å²) in [6.45, 7) is 0.910. The van der Waals surface area contributed by atoms with Crippen LogP contribution < -0.4 is 9.47 Å². The van der Waals surface area contributed by atoms with Crippen LogP contribution in [0, 0.1) is 0 Å². The Hall–Kier alpha value is -1.83. The highest BCUT2D eigenvalue weighted by Gasteiger charge is 2.06. The Morgan fingerprint density at radius 2 is 1.71 bits per heavy atom. The van der Waals surface area contributed by atoms with E-state index in [1.54, 1.807) is 0 Å². The van der Waals surface area contributed by atoms with Crippen molar-refractivity contribution in [3.05, 3.63) is 59.9 Å². The summed E-state index contributed by atoms with van der Waals surface area (Å²) < 4.78 is 33.9. The molecule has 0 spiro atoms. The Labute approximate surface area is 172 Å². The Bertz CT molecular complexity index is 863. The number of rotatable bonds is 11. The van der Waals surface area contributed by atoms with Crippen molar-refractivity contribution in [1.29, 1.82) is 0 Å². The monoisotopic (exact) mass is 420 g/mol. The van der Waals surface area contributed by atoms with Crippen molar-refractivity contribution in [1.82, 2.24) is 0 Å². The van der Waals surface area contributed by atoms with Gasteiger partial charge in [-0.2, -0.15) is 4.57 Å². The fraction of sp³-hybridized carbons (Fsp3) is 0.381. The van der Waals surface area contributed by atoms with E-state index in [9.17, 15) is 13.0 Å². The van der Waals surface area contributed by atoms with Crippen molar-refractivity contribution in [2.24, 2.45) is 0 Å². The Kier molecular flexibility index (Phi) is 9.02. The Morgan fingerprint density at radius 3 is 2.39 bits per heavy atom. The van der Waals surface area contributed by atoms with Crippen LogP contribution in [-0.2, 0) is 15.7 Å². The molecule has 0 radical (unpaired) electrons. The largest absolute Gasteiger partial charge is 0.739 e. The van der Waals surface area contributed by atoms with Gasteiger partial charge in [0.05, 0.1) is 0 Å². The quantitative estimate of drug-likeness (QED) is 0.238. The molecule has 1 aromatic carbocycles. The average Bonchev–Trinajstić information content (AvgIpc) is 2.66. The topological polar surface area (TPSA) is 64.3 Å². The molecule has 0 atom stereocenters. The van der Waals surface area contributed by atoms with Gasteiger partial charge < -0.3 is 9.45 Å². The zero-order chi connectivity index (χ0) is 20.4. The van der Waals surface area contributed by atoms with Gasteiger partial charge in [0, 0.05) is 50.2 Å². The van der Waals surface area contributed by atoms with E-state index >= 15 is 0 Å². The number of pyridine rings is 1. The molecule has 2 rings (SSSR count). The van der Waals surface area contributed by atoms with Crippen LogP contribution in [-0.4, -0.2) is 32.8 Å². The zero-order valence-corrected chi connectivity index (χ0v) is 18.1. The lowest BCUT2D eigenvalue weighted by Crippen LogP contribution is -2.36. The predicted molar refractivity (Wildman–Crippen MR) is 117 cm³/mol. The molecule has 0 unspecified atom stereocenters. The third-order valence-electron chi connectivity index (χ3n) is 4.35. The molecule has 0 amide bonds. The van der Waals surface area contributed by atoms with Crippen molar-refractivity contribution in [2.75, 3.05) is 24.7 Å². The molecule has 1 heterocycles. The summed E-state index contributed by atoms with van der Waals surface area (Å²) in [6, 6.07) is 14.6. The summed E-state index contributed by atoms with van der Waals surface area (Å²) in [7, 11) is 0.408. The Balaban J connectivity index is 1.83. The lowest BCUT2D eigenvalue weighted by Gasteiger charge is -2.11. The maximum absolute atomic E-state index is 10.5. The first-order valence-corrected chi connectivity index (χ1v) is 12.3. The molecule has 0 aliphatic carbocycles. The summed E-state index contributed by atoms with van der Waals surface area (Å²) in [5.74, 6) is 0.380. The standard InChI is InChI=1S/C21H28N2O3S2/c1-22(2)20-13-10-19(11-14-20)12-15-21-9-5-7-17-23(21)16-6-3-4-8-18-27-28(24,25)26/h5,7,9-15,17H,3-4,6,8,16,18H2,1-2H3. The van der Waals surface area contributed by atoms with Crippen molar-refractivity contribution < 1.29 is 17.5 Å². The van der Waals surface area contributed by atoms with E-state index < -0.39 is 9.15 Å². The van der Waals surface area contributed by atoms with Gasteiger partial charge >= 0.3 is 0 Å². The molecular formula is C21H28N2O3S2. The molecule has 0 fully saturated rings. The molecule has 2 aromatic rings. The molecule has 0 aliphatic heterocycles. The van der Waals surface area contributed by atoms with Gasteiger partial charge in [0.1, 0.15) is 15.7 Å². The van der Waals surface area contributed by atoms with Gasteiger partial charge in [0.2, 0.25) is 5.69 Å². The number of benzene rings is 1. The zero-order valence-electron chi connectivity index (χ0n) is 16.5. The fourth-order valence-corrected chi connectivity index (χ4v) is 4.30. The molecule has 0 saturated heterocycles. The minimum absolute atomic E-state index is 0.380. The molecule has 0 N–H and O–H groups in total. The fourth-order valence-electron chi connectivity index (χ4n) is 2.81. The predicted octanol–water partition coefficient (Wildman–Crippen LogP) is 3.96. The van der Waals surface area contributed by atoms with E-state index in [0.717, 1.165) is 43.5 Å². The molecule has 152 valence electrons. The maximum atomic E-state index is 10.5. The molecule has 1 aromatic heterocycles. The highest BCUT2D eigenvalue weighted by atomic mass is 33.1. The normalized spacial score (nSPS) is 11.8. The summed E-state index contributed by atoms with van der Waals surface area (Å²) in [6.07, 6.45) is 10.0. The van der Waals surface area contributed by atoms with Gasteiger partial charge in [0.15, 0.2) is 6.20 Å². The first kappa shape index (κ1) is 22.5. The molecular weight excluding hydrogens is 392 g/mol. The van der Waals surface area contributed by atoms with Crippen molar-refractivity contribution in [2.45, 2.75) is 32.2 Å². The van der Waals surface area contributed by atoms with Crippen LogP contribution in [0.4, 0.5) is 5.69 Å².